The molecule has 3 aromatic rings. The molecule has 0 radical (unpaired) electrons. The van der Waals surface area contributed by atoms with Gasteiger partial charge >= 0.3 is 151 Å². The topological polar surface area (TPSA) is 0 Å². The standard InChI is InChI=1S/C21H18IP/c1-23(22,19-13-6-3-7-14-19)20-15-9-8-12-18(20)16-21(23)17-10-4-2-5-11-17/h2-16H,1H3. The van der Waals surface area contributed by atoms with Crippen LogP contribution >= 0.6 is 26.3 Å². The van der Waals surface area contributed by atoms with E-state index in [4.69, 9.17) is 0 Å². The summed E-state index contributed by atoms with van der Waals surface area (Å²) in [6.07, 6.45) is 2.40. The minimum absolute atomic E-state index is 1.34. The molecule has 23 heavy (non-hydrogen) atoms. The molecule has 0 nitrogen and oxygen atoms in total. The van der Waals surface area contributed by atoms with Crippen molar-refractivity contribution in [3.05, 3.63) is 96.1 Å². The molecule has 0 aromatic heterocycles. The molecule has 1 aliphatic heterocycles. The van der Waals surface area contributed by atoms with Crippen LogP contribution in [-0.4, -0.2) is 6.66 Å². The van der Waals surface area contributed by atoms with Crippen molar-refractivity contribution in [2.45, 2.75) is 0 Å². The minimum atomic E-state index is -2.42. The number of halogens is 1. The van der Waals surface area contributed by atoms with E-state index in [2.05, 4.69) is 120 Å². The first-order valence-corrected chi connectivity index (χ1v) is 13.2. The zero-order chi connectivity index (χ0) is 15.9. The number of rotatable bonds is 2. The van der Waals surface area contributed by atoms with Crippen molar-refractivity contribution in [2.75, 3.05) is 6.66 Å². The van der Waals surface area contributed by atoms with Gasteiger partial charge in [0.2, 0.25) is 0 Å². The molecule has 0 amide bonds. The van der Waals surface area contributed by atoms with Crippen LogP contribution in [-0.2, 0) is 0 Å². The summed E-state index contributed by atoms with van der Waals surface area (Å²) >= 11 is 2.78. The van der Waals surface area contributed by atoms with Gasteiger partial charge in [0.1, 0.15) is 0 Å². The van der Waals surface area contributed by atoms with Crippen molar-refractivity contribution < 1.29 is 0 Å². The van der Waals surface area contributed by atoms with E-state index < -0.39 is 4.25 Å². The fraction of sp³-hybridized carbons (Fsp3) is 0.0476. The second-order valence-corrected chi connectivity index (χ2v) is 17.8. The zero-order valence-corrected chi connectivity index (χ0v) is 16.0. The molecule has 2 heteroatoms. The number of hydrogen-bond donors (Lipinski definition) is 0. The van der Waals surface area contributed by atoms with Crippen molar-refractivity contribution >= 4 is 48.3 Å². The third-order valence-corrected chi connectivity index (χ3v) is 14.2. The van der Waals surface area contributed by atoms with Gasteiger partial charge in [-0.3, -0.25) is 0 Å². The van der Waals surface area contributed by atoms with Crippen LogP contribution < -0.4 is 10.6 Å². The van der Waals surface area contributed by atoms with Gasteiger partial charge in [-0.25, -0.2) is 0 Å². The van der Waals surface area contributed by atoms with Gasteiger partial charge in [0.05, 0.1) is 0 Å². The summed E-state index contributed by atoms with van der Waals surface area (Å²) in [5.74, 6) is 0. The predicted octanol–water partition coefficient (Wildman–Crippen LogP) is 5.68. The fourth-order valence-corrected chi connectivity index (χ4v) is 11.2. The van der Waals surface area contributed by atoms with Gasteiger partial charge in [0, 0.05) is 0 Å². The van der Waals surface area contributed by atoms with Crippen LogP contribution in [0.2, 0.25) is 0 Å². The maximum absolute atomic E-state index is 2.78. The van der Waals surface area contributed by atoms with Crippen LogP contribution in [0.4, 0.5) is 0 Å². The van der Waals surface area contributed by atoms with Gasteiger partial charge in [-0.05, 0) is 0 Å². The van der Waals surface area contributed by atoms with E-state index in [1.54, 1.807) is 0 Å². The average Bonchev–Trinajstić information content (AvgIpc) is 2.87. The predicted molar refractivity (Wildman–Crippen MR) is 113 cm³/mol. The second-order valence-electron chi connectivity index (χ2n) is 6.22. The van der Waals surface area contributed by atoms with Crippen molar-refractivity contribution in [1.29, 1.82) is 0 Å². The van der Waals surface area contributed by atoms with E-state index >= 15 is 0 Å². The molecule has 0 unspecified atom stereocenters. The third-order valence-electron chi connectivity index (χ3n) is 4.81. The third kappa shape index (κ3) is 2.14. The summed E-state index contributed by atoms with van der Waals surface area (Å²) in [6, 6.07) is 30.7. The average molecular weight is 428 g/mol. The monoisotopic (exact) mass is 428 g/mol. The van der Waals surface area contributed by atoms with E-state index in [1.807, 2.05) is 0 Å². The SMILES string of the molecule is CP1(I)(c2ccccc2)C(c2ccccc2)=Cc2ccccc21. The Morgan fingerprint density at radius 2 is 1.26 bits per heavy atom. The van der Waals surface area contributed by atoms with Gasteiger partial charge < -0.3 is 0 Å². The first-order chi connectivity index (χ1) is 11.1. The fourth-order valence-electron chi connectivity index (χ4n) is 3.58. The van der Waals surface area contributed by atoms with Crippen molar-refractivity contribution in [2.24, 2.45) is 0 Å². The first kappa shape index (κ1) is 15.1. The molecule has 0 atom stereocenters. The van der Waals surface area contributed by atoms with Crippen LogP contribution in [0.25, 0.3) is 11.4 Å². The van der Waals surface area contributed by atoms with E-state index in [1.165, 1.54) is 27.1 Å². The van der Waals surface area contributed by atoms with Gasteiger partial charge in [0.25, 0.3) is 0 Å². The molecule has 1 aliphatic rings. The molecule has 0 fully saturated rings. The molecule has 0 saturated carbocycles. The van der Waals surface area contributed by atoms with E-state index in [0.29, 0.717) is 0 Å². The number of fused-ring (bicyclic) bond motifs is 1. The second kappa shape index (κ2) is 5.29. The molecular weight excluding hydrogens is 410 g/mol. The first-order valence-electron chi connectivity index (χ1n) is 7.76. The van der Waals surface area contributed by atoms with Gasteiger partial charge in [-0.2, -0.15) is 0 Å². The summed E-state index contributed by atoms with van der Waals surface area (Å²) in [6.45, 7) is 2.48. The van der Waals surface area contributed by atoms with Crippen LogP contribution in [0, 0.1) is 0 Å². The molecule has 0 spiro atoms. The van der Waals surface area contributed by atoms with Crippen molar-refractivity contribution in [3.8, 4) is 0 Å². The quantitative estimate of drug-likeness (QED) is 0.364. The molecule has 3 aromatic carbocycles. The van der Waals surface area contributed by atoms with Crippen LogP contribution in [0.3, 0.4) is 0 Å². The molecule has 4 rings (SSSR count). The van der Waals surface area contributed by atoms with Crippen LogP contribution in [0.5, 0.6) is 0 Å². The molecule has 0 N–H and O–H groups in total. The number of hydrogen-bond acceptors (Lipinski definition) is 0. The Morgan fingerprint density at radius 3 is 1.96 bits per heavy atom. The maximum atomic E-state index is 2.78. The van der Waals surface area contributed by atoms with E-state index in [-0.39, 0.29) is 0 Å². The Hall–Kier alpha value is -1.44. The summed E-state index contributed by atoms with van der Waals surface area (Å²) in [5, 5.41) is 4.41. The normalized spacial score (nSPS) is 19.2. The molecule has 1 heterocycles. The summed E-state index contributed by atoms with van der Waals surface area (Å²) in [7, 11) is 0. The molecule has 0 aliphatic carbocycles. The Bertz CT molecular complexity index is 895. The van der Waals surface area contributed by atoms with Crippen LogP contribution in [0.15, 0.2) is 84.9 Å². The van der Waals surface area contributed by atoms with Gasteiger partial charge in [-0.15, -0.1) is 0 Å². The Balaban J connectivity index is 2.07. The summed E-state index contributed by atoms with van der Waals surface area (Å²) in [5.41, 5.74) is 2.70. The Morgan fingerprint density at radius 1 is 0.696 bits per heavy atom. The zero-order valence-electron chi connectivity index (χ0n) is 13.0. The van der Waals surface area contributed by atoms with Crippen molar-refractivity contribution in [1.82, 2.24) is 0 Å². The van der Waals surface area contributed by atoms with E-state index in [9.17, 15) is 0 Å². The molecule has 114 valence electrons. The Kier molecular flexibility index (Phi) is 3.48. The van der Waals surface area contributed by atoms with Gasteiger partial charge in [-0.1, -0.05) is 0 Å². The van der Waals surface area contributed by atoms with Gasteiger partial charge in [0.15, 0.2) is 0 Å². The van der Waals surface area contributed by atoms with Crippen LogP contribution in [0.1, 0.15) is 11.1 Å². The molecule has 0 saturated heterocycles. The van der Waals surface area contributed by atoms with E-state index in [0.717, 1.165) is 0 Å². The molecule has 0 bridgehead atoms. The Labute approximate surface area is 150 Å². The van der Waals surface area contributed by atoms with Crippen molar-refractivity contribution in [3.63, 3.8) is 0 Å². The number of benzene rings is 3. The summed E-state index contributed by atoms with van der Waals surface area (Å²) in [4.78, 5) is 0. The molecular formula is C21H18IP. The summed E-state index contributed by atoms with van der Waals surface area (Å²) < 4.78 is -2.42.